The van der Waals surface area contributed by atoms with E-state index >= 15 is 0 Å². The quantitative estimate of drug-likeness (QED) is 0.342. The van der Waals surface area contributed by atoms with Crippen LogP contribution in [0.15, 0.2) is 0 Å². The highest BCUT2D eigenvalue weighted by atomic mass is 32.1. The number of amides is 1. The molecule has 0 saturated carbocycles. The third-order valence-corrected chi connectivity index (χ3v) is 1.63. The van der Waals surface area contributed by atoms with Crippen molar-refractivity contribution in [2.24, 2.45) is 0 Å². The zero-order valence-corrected chi connectivity index (χ0v) is 9.25. The molecular formula is C8H15NO4S. The Hall–Kier alpha value is -0.910. The van der Waals surface area contributed by atoms with Crippen molar-refractivity contribution in [3.63, 3.8) is 0 Å². The van der Waals surface area contributed by atoms with E-state index in [1.165, 1.54) is 0 Å². The van der Waals surface area contributed by atoms with Crippen molar-refractivity contribution in [3.05, 3.63) is 0 Å². The molecule has 0 radical (unpaired) electrons. The number of hydrogen-bond acceptors (Lipinski definition) is 4. The minimum Gasteiger partial charge on any atom is -0.433 e. The van der Waals surface area contributed by atoms with Crippen molar-refractivity contribution in [2.45, 2.75) is 26.7 Å². The second kappa shape index (κ2) is 7.49. The molecule has 0 aromatic rings. The average molecular weight is 221 g/mol. The molecule has 82 valence electrons. The number of carbonyl (C=O) groups is 2. The number of hydroxylamine groups is 2. The molecule has 0 aliphatic heterocycles. The van der Waals surface area contributed by atoms with Gasteiger partial charge in [0.2, 0.25) is 0 Å². The van der Waals surface area contributed by atoms with Gasteiger partial charge in [-0.15, -0.1) is 0 Å². The Morgan fingerprint density at radius 2 is 2.00 bits per heavy atom. The lowest BCUT2D eigenvalue weighted by Crippen LogP contribution is -2.29. The first-order chi connectivity index (χ1) is 6.61. The highest BCUT2D eigenvalue weighted by Gasteiger charge is 2.14. The minimum absolute atomic E-state index is 0.241. The third-order valence-electron chi connectivity index (χ3n) is 1.40. The number of nitrogens with zero attached hydrogens (tertiary/aromatic N) is 1. The van der Waals surface area contributed by atoms with Gasteiger partial charge in [-0.2, -0.15) is 5.06 Å². The molecular weight excluding hydrogens is 206 g/mol. The summed E-state index contributed by atoms with van der Waals surface area (Å²) in [5, 5.41) is 0.192. The largest absolute Gasteiger partial charge is 0.533 e. The standard InChI is InChI=1S/C8H15NO4S/c1-3-5-6-12-8(11)13-9(4-2)7(10)14/h3-6H2,1-2H3,(H,10,14). The molecule has 0 saturated heterocycles. The summed E-state index contributed by atoms with van der Waals surface area (Å²) in [4.78, 5) is 26.2. The predicted molar refractivity (Wildman–Crippen MR) is 54.1 cm³/mol. The number of rotatable bonds is 4. The summed E-state index contributed by atoms with van der Waals surface area (Å²) < 4.78 is 4.68. The molecule has 0 aliphatic carbocycles. The van der Waals surface area contributed by atoms with Crippen molar-refractivity contribution < 1.29 is 19.2 Å². The van der Waals surface area contributed by atoms with E-state index in [1.807, 2.05) is 6.92 Å². The first-order valence-electron chi connectivity index (χ1n) is 4.47. The molecule has 5 nitrogen and oxygen atoms in total. The van der Waals surface area contributed by atoms with Gasteiger partial charge in [0.05, 0.1) is 13.2 Å². The first kappa shape index (κ1) is 13.1. The summed E-state index contributed by atoms with van der Waals surface area (Å²) in [7, 11) is 0. The van der Waals surface area contributed by atoms with Gasteiger partial charge < -0.3 is 9.57 Å². The molecule has 0 heterocycles. The molecule has 0 N–H and O–H groups in total. The fourth-order valence-electron chi connectivity index (χ4n) is 0.655. The lowest BCUT2D eigenvalue weighted by molar-refractivity contribution is -0.0818. The zero-order chi connectivity index (χ0) is 11.0. The molecule has 0 unspecified atom stereocenters. The molecule has 0 rings (SSSR count). The summed E-state index contributed by atoms with van der Waals surface area (Å²) in [6, 6.07) is 0. The number of carbonyl (C=O) groups excluding carboxylic acids is 2. The number of hydrogen-bond donors (Lipinski definition) is 1. The van der Waals surface area contributed by atoms with Crippen LogP contribution in [0.3, 0.4) is 0 Å². The van der Waals surface area contributed by atoms with Crippen LogP contribution in [-0.2, 0) is 9.57 Å². The predicted octanol–water partition coefficient (Wildman–Crippen LogP) is 2.23. The average Bonchev–Trinajstić information content (AvgIpc) is 2.14. The summed E-state index contributed by atoms with van der Waals surface area (Å²) in [6.07, 6.45) is 0.828. The highest BCUT2D eigenvalue weighted by molar-refractivity contribution is 7.96. The molecule has 0 spiro atoms. The second-order valence-electron chi connectivity index (χ2n) is 2.52. The molecule has 0 aromatic carbocycles. The van der Waals surface area contributed by atoms with E-state index in [2.05, 4.69) is 22.2 Å². The van der Waals surface area contributed by atoms with Gasteiger partial charge in [-0.05, 0) is 13.3 Å². The molecule has 0 bridgehead atoms. The van der Waals surface area contributed by atoms with Crippen molar-refractivity contribution in [1.29, 1.82) is 0 Å². The van der Waals surface area contributed by atoms with Crippen molar-refractivity contribution >= 4 is 24.0 Å². The van der Waals surface area contributed by atoms with Crippen molar-refractivity contribution in [3.8, 4) is 0 Å². The molecule has 0 atom stereocenters. The van der Waals surface area contributed by atoms with E-state index in [1.54, 1.807) is 6.92 Å². The number of ether oxygens (including phenoxy) is 1. The Morgan fingerprint density at radius 3 is 2.43 bits per heavy atom. The van der Waals surface area contributed by atoms with Crippen LogP contribution in [0.2, 0.25) is 0 Å². The molecule has 14 heavy (non-hydrogen) atoms. The topological polar surface area (TPSA) is 55.8 Å². The van der Waals surface area contributed by atoms with Crippen LogP contribution >= 0.6 is 12.6 Å². The monoisotopic (exact) mass is 221 g/mol. The lowest BCUT2D eigenvalue weighted by Gasteiger charge is -2.15. The Labute approximate surface area is 88.7 Å². The van der Waals surface area contributed by atoms with Crippen LogP contribution < -0.4 is 0 Å². The van der Waals surface area contributed by atoms with Gasteiger partial charge in [0.25, 0.3) is 0 Å². The van der Waals surface area contributed by atoms with Gasteiger partial charge in [0.15, 0.2) is 0 Å². The molecule has 0 aliphatic rings. The van der Waals surface area contributed by atoms with Crippen LogP contribution in [0.25, 0.3) is 0 Å². The Morgan fingerprint density at radius 1 is 1.36 bits per heavy atom. The van der Waals surface area contributed by atoms with Crippen LogP contribution in [0.5, 0.6) is 0 Å². The highest BCUT2D eigenvalue weighted by Crippen LogP contribution is 1.99. The van der Waals surface area contributed by atoms with E-state index < -0.39 is 11.4 Å². The Bertz CT molecular complexity index is 198. The maximum atomic E-state index is 10.9. The van der Waals surface area contributed by atoms with E-state index in [0.717, 1.165) is 17.9 Å². The molecule has 1 amide bonds. The number of thiol groups is 1. The van der Waals surface area contributed by atoms with Gasteiger partial charge in [-0.3, -0.25) is 4.79 Å². The van der Waals surface area contributed by atoms with Gasteiger partial charge in [0.1, 0.15) is 0 Å². The third kappa shape index (κ3) is 5.69. The number of unbranched alkanes of at least 4 members (excludes halogenated alkanes) is 1. The molecule has 0 fully saturated rings. The van der Waals surface area contributed by atoms with Crippen molar-refractivity contribution in [2.75, 3.05) is 13.2 Å². The lowest BCUT2D eigenvalue weighted by atomic mass is 10.4. The van der Waals surface area contributed by atoms with Gasteiger partial charge in [-0.1, -0.05) is 26.0 Å². The maximum Gasteiger partial charge on any atom is 0.533 e. The van der Waals surface area contributed by atoms with Crippen LogP contribution in [-0.4, -0.2) is 29.6 Å². The molecule has 6 heteroatoms. The molecule has 0 aromatic heterocycles. The van der Waals surface area contributed by atoms with Gasteiger partial charge >= 0.3 is 11.4 Å². The summed E-state index contributed by atoms with van der Waals surface area (Å²) in [6.45, 7) is 4.18. The van der Waals surface area contributed by atoms with E-state index in [-0.39, 0.29) is 6.54 Å². The fourth-order valence-corrected chi connectivity index (χ4v) is 0.837. The second-order valence-corrected chi connectivity index (χ2v) is 2.90. The van der Waals surface area contributed by atoms with E-state index in [0.29, 0.717) is 6.61 Å². The van der Waals surface area contributed by atoms with E-state index in [4.69, 9.17) is 0 Å². The van der Waals surface area contributed by atoms with Crippen LogP contribution in [0.4, 0.5) is 9.59 Å². The fraction of sp³-hybridized carbons (Fsp3) is 0.750. The minimum atomic E-state index is -0.873. The Balaban J connectivity index is 3.74. The van der Waals surface area contributed by atoms with Crippen LogP contribution in [0.1, 0.15) is 26.7 Å². The van der Waals surface area contributed by atoms with Crippen LogP contribution in [0, 0.1) is 0 Å². The zero-order valence-electron chi connectivity index (χ0n) is 8.36. The maximum absolute atomic E-state index is 10.9. The first-order valence-corrected chi connectivity index (χ1v) is 4.91. The normalized spacial score (nSPS) is 9.36. The van der Waals surface area contributed by atoms with Gasteiger partial charge in [0, 0.05) is 0 Å². The summed E-state index contributed by atoms with van der Waals surface area (Å²) in [5.74, 6) is 0. The Kier molecular flexibility index (Phi) is 7.00. The summed E-state index contributed by atoms with van der Waals surface area (Å²) >= 11 is 3.51. The SMILES string of the molecule is CCCCOC(=O)ON(CC)C(=O)S. The summed E-state index contributed by atoms with van der Waals surface area (Å²) in [5.41, 5.74) is 0. The van der Waals surface area contributed by atoms with Crippen molar-refractivity contribution in [1.82, 2.24) is 5.06 Å². The smallest absolute Gasteiger partial charge is 0.433 e. The van der Waals surface area contributed by atoms with E-state index in [9.17, 15) is 9.59 Å². The van der Waals surface area contributed by atoms with Gasteiger partial charge in [-0.25, -0.2) is 4.79 Å².